The van der Waals surface area contributed by atoms with E-state index in [9.17, 15) is 4.79 Å². The Kier molecular flexibility index (Phi) is 4.94. The first kappa shape index (κ1) is 12.4. The molecule has 0 radical (unpaired) electrons. The highest BCUT2D eigenvalue weighted by Crippen LogP contribution is 2.25. The van der Waals surface area contributed by atoms with Crippen LogP contribution in [-0.2, 0) is 4.79 Å². The van der Waals surface area contributed by atoms with Gasteiger partial charge in [-0.05, 0) is 5.92 Å². The van der Waals surface area contributed by atoms with Crippen LogP contribution in [0.4, 0.5) is 0 Å². The van der Waals surface area contributed by atoms with Crippen molar-refractivity contribution in [2.24, 2.45) is 10.9 Å². The minimum atomic E-state index is 0.0119. The van der Waals surface area contributed by atoms with Crippen molar-refractivity contribution < 1.29 is 4.79 Å². The van der Waals surface area contributed by atoms with Gasteiger partial charge in [0.2, 0.25) is 5.91 Å². The fraction of sp³-hybridized carbons (Fsp3) is 0.800. The zero-order valence-electron chi connectivity index (χ0n) is 9.54. The molecule has 5 heteroatoms. The van der Waals surface area contributed by atoms with Crippen LogP contribution in [0.25, 0.3) is 0 Å². The number of hydrogen-bond donors (Lipinski definition) is 2. The summed E-state index contributed by atoms with van der Waals surface area (Å²) in [6.45, 7) is 8.26. The van der Waals surface area contributed by atoms with E-state index in [4.69, 9.17) is 0 Å². The summed E-state index contributed by atoms with van der Waals surface area (Å²) >= 11 is 1.80. The molecular weight excluding hydrogens is 210 g/mol. The highest BCUT2D eigenvalue weighted by Gasteiger charge is 2.21. The van der Waals surface area contributed by atoms with Crippen molar-refractivity contribution >= 4 is 22.8 Å². The van der Waals surface area contributed by atoms with Crippen LogP contribution in [0.15, 0.2) is 4.99 Å². The standard InChI is InChI=1S/C10H19N3OS/c1-7(2)9-6-13-10(15-9)12-5-4-11-8(3)14/h7,9H,4-6H2,1-3H3,(H,11,14)(H,12,13). The lowest BCUT2D eigenvalue weighted by Gasteiger charge is -2.12. The number of thioether (sulfide) groups is 1. The Hall–Kier alpha value is -0.710. The lowest BCUT2D eigenvalue weighted by atomic mass is 10.1. The SMILES string of the molecule is CC(=O)NCCNC1=NCC(C(C)C)S1. The van der Waals surface area contributed by atoms with Gasteiger partial charge >= 0.3 is 0 Å². The summed E-state index contributed by atoms with van der Waals surface area (Å²) in [5.41, 5.74) is 0. The molecule has 1 heterocycles. The van der Waals surface area contributed by atoms with Gasteiger partial charge in [-0.15, -0.1) is 0 Å². The molecule has 86 valence electrons. The van der Waals surface area contributed by atoms with Gasteiger partial charge in [0.1, 0.15) is 0 Å². The number of rotatable bonds is 4. The Morgan fingerprint density at radius 1 is 1.60 bits per heavy atom. The molecule has 0 aromatic heterocycles. The van der Waals surface area contributed by atoms with Crippen molar-refractivity contribution in [2.45, 2.75) is 26.0 Å². The highest BCUT2D eigenvalue weighted by molar-refractivity contribution is 8.14. The lowest BCUT2D eigenvalue weighted by Crippen LogP contribution is -2.32. The van der Waals surface area contributed by atoms with E-state index in [1.165, 1.54) is 6.92 Å². The van der Waals surface area contributed by atoms with Crippen LogP contribution < -0.4 is 10.6 Å². The summed E-state index contributed by atoms with van der Waals surface area (Å²) < 4.78 is 0. The van der Waals surface area contributed by atoms with Crippen LogP contribution >= 0.6 is 11.8 Å². The minimum absolute atomic E-state index is 0.0119. The summed E-state index contributed by atoms with van der Waals surface area (Å²) in [5.74, 6) is 0.672. The molecule has 15 heavy (non-hydrogen) atoms. The average molecular weight is 229 g/mol. The largest absolute Gasteiger partial charge is 0.363 e. The number of amides is 1. The molecule has 0 saturated carbocycles. The Labute approximate surface area is 95.3 Å². The van der Waals surface area contributed by atoms with Crippen LogP contribution in [-0.4, -0.2) is 36.0 Å². The third-order valence-corrected chi connectivity index (χ3v) is 3.69. The summed E-state index contributed by atoms with van der Waals surface area (Å²) in [5, 5.41) is 7.58. The molecule has 0 spiro atoms. The van der Waals surface area contributed by atoms with E-state index in [0.29, 0.717) is 17.7 Å². The van der Waals surface area contributed by atoms with Gasteiger partial charge in [-0.3, -0.25) is 9.79 Å². The predicted molar refractivity (Wildman–Crippen MR) is 65.2 cm³/mol. The van der Waals surface area contributed by atoms with E-state index in [2.05, 4.69) is 29.5 Å². The smallest absolute Gasteiger partial charge is 0.216 e. The highest BCUT2D eigenvalue weighted by atomic mass is 32.2. The van der Waals surface area contributed by atoms with E-state index in [1.54, 1.807) is 11.8 Å². The monoisotopic (exact) mass is 229 g/mol. The van der Waals surface area contributed by atoms with Gasteiger partial charge in [0, 0.05) is 25.3 Å². The molecule has 1 atom stereocenters. The summed E-state index contributed by atoms with van der Waals surface area (Å²) in [7, 11) is 0. The molecule has 0 bridgehead atoms. The molecule has 1 unspecified atom stereocenters. The summed E-state index contributed by atoms with van der Waals surface area (Å²) in [6.07, 6.45) is 0. The normalized spacial score (nSPS) is 20.3. The number of nitrogens with one attached hydrogen (secondary N) is 2. The fourth-order valence-electron chi connectivity index (χ4n) is 1.24. The van der Waals surface area contributed by atoms with Gasteiger partial charge < -0.3 is 10.6 Å². The molecule has 4 nitrogen and oxygen atoms in total. The van der Waals surface area contributed by atoms with Crippen molar-refractivity contribution in [3.63, 3.8) is 0 Å². The average Bonchev–Trinajstić information content (AvgIpc) is 2.60. The Morgan fingerprint density at radius 2 is 2.33 bits per heavy atom. The van der Waals surface area contributed by atoms with Gasteiger partial charge in [0.05, 0.1) is 6.54 Å². The number of hydrogen-bond acceptors (Lipinski definition) is 4. The number of carbonyl (C=O) groups is 1. The number of nitrogens with zero attached hydrogens (tertiary/aromatic N) is 1. The molecule has 2 N–H and O–H groups in total. The number of carbonyl (C=O) groups excluding carboxylic acids is 1. The van der Waals surface area contributed by atoms with Crippen LogP contribution in [0.3, 0.4) is 0 Å². The Morgan fingerprint density at radius 3 is 2.87 bits per heavy atom. The van der Waals surface area contributed by atoms with E-state index < -0.39 is 0 Å². The molecule has 1 amide bonds. The summed E-state index contributed by atoms with van der Waals surface area (Å²) in [6, 6.07) is 0. The van der Waals surface area contributed by atoms with Crippen molar-refractivity contribution in [3.05, 3.63) is 0 Å². The molecule has 1 aliphatic rings. The molecule has 0 aromatic rings. The third-order valence-electron chi connectivity index (χ3n) is 2.20. The first-order valence-corrected chi connectivity index (χ1v) is 6.17. The van der Waals surface area contributed by atoms with Crippen molar-refractivity contribution in [1.29, 1.82) is 0 Å². The van der Waals surface area contributed by atoms with Gasteiger partial charge in [-0.1, -0.05) is 25.6 Å². The molecule has 1 aliphatic heterocycles. The van der Waals surface area contributed by atoms with Crippen molar-refractivity contribution in [2.75, 3.05) is 19.6 Å². The van der Waals surface area contributed by atoms with Crippen LogP contribution in [0, 0.1) is 5.92 Å². The van der Waals surface area contributed by atoms with E-state index in [1.807, 2.05) is 0 Å². The van der Waals surface area contributed by atoms with Gasteiger partial charge in [-0.25, -0.2) is 0 Å². The number of amidine groups is 1. The maximum absolute atomic E-state index is 10.6. The Balaban J connectivity index is 2.11. The maximum atomic E-state index is 10.6. The molecule has 0 aromatic carbocycles. The van der Waals surface area contributed by atoms with Crippen molar-refractivity contribution in [3.8, 4) is 0 Å². The second-order valence-electron chi connectivity index (χ2n) is 3.96. The molecule has 0 aliphatic carbocycles. The second-order valence-corrected chi connectivity index (χ2v) is 5.18. The molecular formula is C10H19N3OS. The van der Waals surface area contributed by atoms with Crippen LogP contribution in [0.2, 0.25) is 0 Å². The van der Waals surface area contributed by atoms with Gasteiger partial charge in [0.25, 0.3) is 0 Å². The molecule has 0 saturated heterocycles. The van der Waals surface area contributed by atoms with Crippen LogP contribution in [0.5, 0.6) is 0 Å². The fourth-order valence-corrected chi connectivity index (χ4v) is 2.29. The maximum Gasteiger partial charge on any atom is 0.216 e. The minimum Gasteiger partial charge on any atom is -0.363 e. The second kappa shape index (κ2) is 6.00. The van der Waals surface area contributed by atoms with E-state index in [0.717, 1.165) is 18.3 Å². The summed E-state index contributed by atoms with van der Waals surface area (Å²) in [4.78, 5) is 15.0. The first-order valence-electron chi connectivity index (χ1n) is 5.29. The predicted octanol–water partition coefficient (Wildman–Crippen LogP) is 0.839. The zero-order chi connectivity index (χ0) is 11.3. The Bertz CT molecular complexity index is 253. The van der Waals surface area contributed by atoms with E-state index in [-0.39, 0.29) is 5.91 Å². The number of aliphatic imine (C=N–C) groups is 1. The lowest BCUT2D eigenvalue weighted by molar-refractivity contribution is -0.118. The quantitative estimate of drug-likeness (QED) is 0.702. The van der Waals surface area contributed by atoms with Gasteiger partial charge in [-0.2, -0.15) is 0 Å². The zero-order valence-corrected chi connectivity index (χ0v) is 10.4. The van der Waals surface area contributed by atoms with E-state index >= 15 is 0 Å². The van der Waals surface area contributed by atoms with Crippen LogP contribution in [0.1, 0.15) is 20.8 Å². The topological polar surface area (TPSA) is 53.5 Å². The first-order chi connectivity index (χ1) is 7.09. The molecule has 1 rings (SSSR count). The van der Waals surface area contributed by atoms with Gasteiger partial charge in [0.15, 0.2) is 5.17 Å². The third kappa shape index (κ3) is 4.55. The van der Waals surface area contributed by atoms with Crippen molar-refractivity contribution in [1.82, 2.24) is 10.6 Å². The molecule has 0 fully saturated rings.